The molecule has 0 aromatic heterocycles. The van der Waals surface area contributed by atoms with E-state index >= 15 is 0 Å². The highest BCUT2D eigenvalue weighted by Crippen LogP contribution is 2.29. The summed E-state index contributed by atoms with van der Waals surface area (Å²) in [6.45, 7) is 8.36. The molecule has 2 unspecified atom stereocenters. The van der Waals surface area contributed by atoms with E-state index in [-0.39, 0.29) is 0 Å². The minimum atomic E-state index is 0.583. The third-order valence-corrected chi connectivity index (χ3v) is 4.77. The minimum absolute atomic E-state index is 0.583. The van der Waals surface area contributed by atoms with Crippen LogP contribution in [0.3, 0.4) is 0 Å². The maximum Gasteiger partial charge on any atom is 0.0789 e. The van der Waals surface area contributed by atoms with Crippen molar-refractivity contribution < 1.29 is 0 Å². The first kappa shape index (κ1) is 13.4. The molecule has 2 fully saturated rings. The Balaban J connectivity index is 1.80. The van der Waals surface area contributed by atoms with Crippen LogP contribution >= 0.6 is 0 Å². The standard InChI is InChI=1S/C15H29N2/c1-3-5-6-14-7-10-16-15(14)17-11-8-13(4-2)9-12-17/h13-15H,3-12H2,1-2H3. The Morgan fingerprint density at radius 3 is 2.53 bits per heavy atom. The highest BCUT2D eigenvalue weighted by Gasteiger charge is 2.33. The summed E-state index contributed by atoms with van der Waals surface area (Å²) in [5.74, 6) is 1.86. The van der Waals surface area contributed by atoms with Gasteiger partial charge in [-0.25, -0.2) is 5.32 Å². The van der Waals surface area contributed by atoms with Gasteiger partial charge in [0.25, 0.3) is 0 Å². The van der Waals surface area contributed by atoms with E-state index in [4.69, 9.17) is 5.32 Å². The van der Waals surface area contributed by atoms with Gasteiger partial charge in [0.15, 0.2) is 0 Å². The fourth-order valence-corrected chi connectivity index (χ4v) is 3.47. The molecule has 2 atom stereocenters. The zero-order valence-electron chi connectivity index (χ0n) is 11.7. The second-order valence-electron chi connectivity index (χ2n) is 5.90. The van der Waals surface area contributed by atoms with Gasteiger partial charge in [0.2, 0.25) is 0 Å². The van der Waals surface area contributed by atoms with Crippen molar-refractivity contribution in [1.82, 2.24) is 10.2 Å². The van der Waals surface area contributed by atoms with Crippen molar-refractivity contribution in [3.63, 3.8) is 0 Å². The highest BCUT2D eigenvalue weighted by atomic mass is 15.3. The van der Waals surface area contributed by atoms with Crippen molar-refractivity contribution in [1.29, 1.82) is 0 Å². The van der Waals surface area contributed by atoms with Gasteiger partial charge in [0, 0.05) is 6.54 Å². The van der Waals surface area contributed by atoms with Crippen molar-refractivity contribution in [3.05, 3.63) is 0 Å². The van der Waals surface area contributed by atoms with Crippen molar-refractivity contribution in [2.75, 3.05) is 19.6 Å². The predicted molar refractivity (Wildman–Crippen MR) is 73.0 cm³/mol. The molecule has 2 nitrogen and oxygen atoms in total. The summed E-state index contributed by atoms with van der Waals surface area (Å²) in [7, 11) is 0. The molecule has 99 valence electrons. The zero-order valence-corrected chi connectivity index (χ0v) is 11.7. The molecule has 2 heteroatoms. The minimum Gasteiger partial charge on any atom is -0.287 e. The van der Waals surface area contributed by atoms with Gasteiger partial charge >= 0.3 is 0 Å². The summed E-state index contributed by atoms with van der Waals surface area (Å²) in [4.78, 5) is 2.68. The monoisotopic (exact) mass is 237 g/mol. The zero-order chi connectivity index (χ0) is 12.1. The fourth-order valence-electron chi connectivity index (χ4n) is 3.47. The van der Waals surface area contributed by atoms with E-state index in [9.17, 15) is 0 Å². The SMILES string of the molecule is CCCCC1CC[N]C1N1CCC(CC)CC1. The van der Waals surface area contributed by atoms with Crippen LogP contribution in [-0.2, 0) is 0 Å². The lowest BCUT2D eigenvalue weighted by Crippen LogP contribution is -2.46. The molecule has 0 N–H and O–H groups in total. The predicted octanol–water partition coefficient (Wildman–Crippen LogP) is 3.25. The molecule has 0 saturated carbocycles. The molecule has 0 aromatic rings. The van der Waals surface area contributed by atoms with Crippen LogP contribution in [0.1, 0.15) is 58.8 Å². The van der Waals surface area contributed by atoms with E-state index < -0.39 is 0 Å². The number of nitrogens with zero attached hydrogens (tertiary/aromatic N) is 2. The summed E-state index contributed by atoms with van der Waals surface area (Å²) in [5, 5.41) is 4.87. The molecule has 0 aliphatic carbocycles. The van der Waals surface area contributed by atoms with Crippen LogP contribution in [0.15, 0.2) is 0 Å². The topological polar surface area (TPSA) is 17.3 Å². The van der Waals surface area contributed by atoms with Gasteiger partial charge in [-0.2, -0.15) is 0 Å². The molecular formula is C15H29N2. The summed E-state index contributed by atoms with van der Waals surface area (Å²) >= 11 is 0. The first-order valence-corrected chi connectivity index (χ1v) is 7.75. The van der Waals surface area contributed by atoms with Gasteiger partial charge < -0.3 is 0 Å². The van der Waals surface area contributed by atoms with Crippen LogP contribution < -0.4 is 5.32 Å². The van der Waals surface area contributed by atoms with Gasteiger partial charge in [-0.15, -0.1) is 0 Å². The Bertz CT molecular complexity index is 209. The Labute approximate surface area is 107 Å². The molecular weight excluding hydrogens is 208 g/mol. The number of hydrogen-bond acceptors (Lipinski definition) is 1. The van der Waals surface area contributed by atoms with Gasteiger partial charge in [0.05, 0.1) is 6.17 Å². The van der Waals surface area contributed by atoms with E-state index in [1.165, 1.54) is 58.0 Å². The van der Waals surface area contributed by atoms with E-state index in [1.54, 1.807) is 0 Å². The number of hydrogen-bond donors (Lipinski definition) is 0. The third kappa shape index (κ3) is 3.45. The second kappa shape index (κ2) is 6.75. The third-order valence-electron chi connectivity index (χ3n) is 4.77. The first-order valence-electron chi connectivity index (χ1n) is 7.75. The van der Waals surface area contributed by atoms with E-state index in [1.807, 2.05) is 0 Å². The molecule has 0 bridgehead atoms. The maximum atomic E-state index is 4.87. The Hall–Kier alpha value is -0.0800. The molecule has 2 aliphatic heterocycles. The normalized spacial score (nSPS) is 32.1. The maximum absolute atomic E-state index is 4.87. The molecule has 0 spiro atoms. The summed E-state index contributed by atoms with van der Waals surface area (Å²) in [6, 6.07) is 0. The van der Waals surface area contributed by atoms with Gasteiger partial charge in [-0.05, 0) is 50.6 Å². The van der Waals surface area contributed by atoms with Crippen LogP contribution in [0, 0.1) is 11.8 Å². The molecule has 1 radical (unpaired) electrons. The van der Waals surface area contributed by atoms with Gasteiger partial charge in [-0.1, -0.05) is 33.1 Å². The number of unbranched alkanes of at least 4 members (excludes halogenated alkanes) is 1. The van der Waals surface area contributed by atoms with E-state index in [2.05, 4.69) is 18.7 Å². The van der Waals surface area contributed by atoms with Crippen molar-refractivity contribution >= 4 is 0 Å². The Morgan fingerprint density at radius 1 is 1.12 bits per heavy atom. The van der Waals surface area contributed by atoms with Crippen LogP contribution in [0.25, 0.3) is 0 Å². The van der Waals surface area contributed by atoms with Gasteiger partial charge in [0.1, 0.15) is 0 Å². The average molecular weight is 237 g/mol. The molecule has 17 heavy (non-hydrogen) atoms. The molecule has 2 rings (SSSR count). The van der Waals surface area contributed by atoms with Gasteiger partial charge in [-0.3, -0.25) is 4.90 Å². The van der Waals surface area contributed by atoms with Crippen LogP contribution in [0.2, 0.25) is 0 Å². The number of likely N-dealkylation sites (tertiary alicyclic amines) is 1. The largest absolute Gasteiger partial charge is 0.287 e. The van der Waals surface area contributed by atoms with Crippen molar-refractivity contribution in [2.45, 2.75) is 65.0 Å². The lowest BCUT2D eigenvalue weighted by atomic mass is 9.92. The van der Waals surface area contributed by atoms with E-state index in [0.29, 0.717) is 6.17 Å². The molecule has 0 aromatic carbocycles. The molecule has 2 heterocycles. The Kier molecular flexibility index (Phi) is 5.30. The van der Waals surface area contributed by atoms with Crippen molar-refractivity contribution in [2.24, 2.45) is 11.8 Å². The number of rotatable bonds is 5. The molecule has 2 saturated heterocycles. The highest BCUT2D eigenvalue weighted by molar-refractivity contribution is 4.86. The quantitative estimate of drug-likeness (QED) is 0.717. The number of piperidine rings is 1. The second-order valence-corrected chi connectivity index (χ2v) is 5.90. The summed E-state index contributed by atoms with van der Waals surface area (Å²) in [6.07, 6.45) is 10.2. The van der Waals surface area contributed by atoms with Crippen LogP contribution in [0.4, 0.5) is 0 Å². The average Bonchev–Trinajstić information content (AvgIpc) is 2.84. The summed E-state index contributed by atoms with van der Waals surface area (Å²) in [5.41, 5.74) is 0. The Morgan fingerprint density at radius 2 is 1.88 bits per heavy atom. The first-order chi connectivity index (χ1) is 8.35. The fraction of sp³-hybridized carbons (Fsp3) is 1.00. The molecule has 2 aliphatic rings. The molecule has 0 amide bonds. The lowest BCUT2D eigenvalue weighted by molar-refractivity contribution is 0.0896. The van der Waals surface area contributed by atoms with E-state index in [0.717, 1.165) is 18.4 Å². The van der Waals surface area contributed by atoms with Crippen LogP contribution in [-0.4, -0.2) is 30.7 Å². The lowest BCUT2D eigenvalue weighted by Gasteiger charge is -2.37. The summed E-state index contributed by atoms with van der Waals surface area (Å²) < 4.78 is 0. The smallest absolute Gasteiger partial charge is 0.0789 e. The van der Waals surface area contributed by atoms with Crippen molar-refractivity contribution in [3.8, 4) is 0 Å². The van der Waals surface area contributed by atoms with Crippen LogP contribution in [0.5, 0.6) is 0 Å².